The molecule has 3 aromatic rings. The van der Waals surface area contributed by atoms with Gasteiger partial charge in [0.25, 0.3) is 0 Å². The van der Waals surface area contributed by atoms with Crippen LogP contribution in [0.15, 0.2) is 47.8 Å². The molecule has 2 aromatic carbocycles. The molecule has 1 unspecified atom stereocenters. The maximum absolute atomic E-state index is 12.6. The van der Waals surface area contributed by atoms with Crippen molar-refractivity contribution in [1.29, 1.82) is 0 Å². The number of fused-ring (bicyclic) bond motifs is 2. The van der Waals surface area contributed by atoms with Crippen LogP contribution in [0.2, 0.25) is 0 Å². The summed E-state index contributed by atoms with van der Waals surface area (Å²) in [6.45, 7) is 3.65. The van der Waals surface area contributed by atoms with Crippen LogP contribution in [0.3, 0.4) is 0 Å². The monoisotopic (exact) mass is 382 g/mol. The molecule has 27 heavy (non-hydrogen) atoms. The van der Waals surface area contributed by atoms with E-state index in [0.29, 0.717) is 19.8 Å². The second-order valence-corrected chi connectivity index (χ2v) is 7.60. The van der Waals surface area contributed by atoms with Crippen molar-refractivity contribution in [1.82, 2.24) is 10.2 Å². The number of carbonyl (C=O) groups excluding carboxylic acids is 1. The number of nitrogens with zero attached hydrogens (tertiary/aromatic N) is 1. The van der Waals surface area contributed by atoms with E-state index in [1.54, 1.807) is 23.3 Å². The van der Waals surface area contributed by atoms with Gasteiger partial charge in [-0.1, -0.05) is 24.3 Å². The standard InChI is InChI=1S/C21H22N2O3S/c1-14(17-13-27-20-6-4-3-5-16(17)20)22-21(24)23(2)12-15-7-8-18-19(11-15)26-10-9-25-18/h3-8,11,13-14H,9-10,12H2,1-2H3,(H,22,24). The Morgan fingerprint density at radius 3 is 2.81 bits per heavy atom. The molecule has 0 saturated heterocycles. The number of benzene rings is 2. The Hall–Kier alpha value is -2.73. The third-order valence-corrected chi connectivity index (χ3v) is 5.67. The quantitative estimate of drug-likeness (QED) is 0.719. The molecule has 140 valence electrons. The Morgan fingerprint density at radius 2 is 1.96 bits per heavy atom. The van der Waals surface area contributed by atoms with Gasteiger partial charge in [0, 0.05) is 18.3 Å². The van der Waals surface area contributed by atoms with E-state index in [9.17, 15) is 4.79 Å². The molecule has 0 spiro atoms. The summed E-state index contributed by atoms with van der Waals surface area (Å²) in [6.07, 6.45) is 0. The first-order valence-corrected chi connectivity index (χ1v) is 9.86. The molecule has 4 rings (SSSR count). The third-order valence-electron chi connectivity index (χ3n) is 4.69. The van der Waals surface area contributed by atoms with Gasteiger partial charge in [0.2, 0.25) is 0 Å². The van der Waals surface area contributed by atoms with E-state index in [0.717, 1.165) is 22.6 Å². The molecular formula is C21H22N2O3S. The van der Waals surface area contributed by atoms with Gasteiger partial charge >= 0.3 is 6.03 Å². The molecule has 0 aliphatic carbocycles. The smallest absolute Gasteiger partial charge is 0.317 e. The van der Waals surface area contributed by atoms with Crippen LogP contribution in [-0.4, -0.2) is 31.2 Å². The molecule has 0 radical (unpaired) electrons. The van der Waals surface area contributed by atoms with E-state index >= 15 is 0 Å². The minimum absolute atomic E-state index is 0.0589. The van der Waals surface area contributed by atoms with Crippen LogP contribution in [0.25, 0.3) is 10.1 Å². The zero-order valence-corrected chi connectivity index (χ0v) is 16.2. The number of hydrogen-bond acceptors (Lipinski definition) is 4. The number of thiophene rings is 1. The maximum atomic E-state index is 12.6. The first kappa shape index (κ1) is 17.7. The van der Waals surface area contributed by atoms with Crippen molar-refractivity contribution in [3.8, 4) is 11.5 Å². The fraction of sp³-hybridized carbons (Fsp3) is 0.286. The van der Waals surface area contributed by atoms with Crippen LogP contribution in [0.1, 0.15) is 24.1 Å². The van der Waals surface area contributed by atoms with Gasteiger partial charge in [-0.15, -0.1) is 11.3 Å². The van der Waals surface area contributed by atoms with Crippen LogP contribution in [0, 0.1) is 0 Å². The Morgan fingerprint density at radius 1 is 1.19 bits per heavy atom. The summed E-state index contributed by atoms with van der Waals surface area (Å²) in [5.41, 5.74) is 2.15. The summed E-state index contributed by atoms with van der Waals surface area (Å²) >= 11 is 1.70. The lowest BCUT2D eigenvalue weighted by Crippen LogP contribution is -2.38. The first-order chi connectivity index (χ1) is 13.1. The van der Waals surface area contributed by atoms with Crippen LogP contribution in [0.4, 0.5) is 4.79 Å². The summed E-state index contributed by atoms with van der Waals surface area (Å²) in [5.74, 6) is 1.50. The van der Waals surface area contributed by atoms with Gasteiger partial charge in [-0.3, -0.25) is 0 Å². The molecule has 0 saturated carbocycles. The average molecular weight is 382 g/mol. The normalized spacial score (nSPS) is 14.0. The number of urea groups is 1. The van der Waals surface area contributed by atoms with Crippen LogP contribution < -0.4 is 14.8 Å². The minimum atomic E-state index is -0.104. The molecule has 0 fully saturated rings. The lowest BCUT2D eigenvalue weighted by atomic mass is 10.1. The topological polar surface area (TPSA) is 50.8 Å². The molecule has 1 aliphatic rings. The van der Waals surface area contributed by atoms with Gasteiger partial charge in [-0.25, -0.2) is 4.79 Å². The van der Waals surface area contributed by atoms with Gasteiger partial charge in [0.1, 0.15) is 13.2 Å². The fourth-order valence-electron chi connectivity index (χ4n) is 3.24. The summed E-state index contributed by atoms with van der Waals surface area (Å²) in [7, 11) is 1.80. The van der Waals surface area contributed by atoms with Crippen molar-refractivity contribution < 1.29 is 14.3 Å². The van der Waals surface area contributed by atoms with E-state index in [4.69, 9.17) is 9.47 Å². The predicted octanol–water partition coefficient (Wildman–Crippen LogP) is 4.58. The Labute approximate surface area is 162 Å². The molecule has 2 heterocycles. The molecular weight excluding hydrogens is 360 g/mol. The maximum Gasteiger partial charge on any atom is 0.317 e. The van der Waals surface area contributed by atoms with E-state index in [1.807, 2.05) is 37.3 Å². The summed E-state index contributed by atoms with van der Waals surface area (Å²) < 4.78 is 12.4. The van der Waals surface area contributed by atoms with E-state index in [-0.39, 0.29) is 12.1 Å². The van der Waals surface area contributed by atoms with E-state index < -0.39 is 0 Å². The van der Waals surface area contributed by atoms with E-state index in [1.165, 1.54) is 10.1 Å². The Kier molecular flexibility index (Phi) is 4.90. The van der Waals surface area contributed by atoms with Crippen LogP contribution >= 0.6 is 11.3 Å². The number of ether oxygens (including phenoxy) is 2. The Bertz CT molecular complexity index is 969. The summed E-state index contributed by atoms with van der Waals surface area (Å²) in [4.78, 5) is 14.3. The second-order valence-electron chi connectivity index (χ2n) is 6.69. The summed E-state index contributed by atoms with van der Waals surface area (Å²) in [5, 5.41) is 6.41. The van der Waals surface area contributed by atoms with Gasteiger partial charge in [0.15, 0.2) is 11.5 Å². The van der Waals surface area contributed by atoms with Gasteiger partial charge in [-0.05, 0) is 47.0 Å². The largest absolute Gasteiger partial charge is 0.486 e. The zero-order valence-electron chi connectivity index (χ0n) is 15.4. The van der Waals surface area contributed by atoms with Crippen molar-refractivity contribution in [2.45, 2.75) is 19.5 Å². The molecule has 2 amide bonds. The fourth-order valence-corrected chi connectivity index (χ4v) is 4.29. The van der Waals surface area contributed by atoms with Gasteiger partial charge < -0.3 is 19.7 Å². The van der Waals surface area contributed by atoms with Crippen molar-refractivity contribution >= 4 is 27.5 Å². The summed E-state index contributed by atoms with van der Waals surface area (Å²) in [6, 6.07) is 13.9. The average Bonchev–Trinajstić information content (AvgIpc) is 3.12. The van der Waals surface area contributed by atoms with Crippen LogP contribution in [0.5, 0.6) is 11.5 Å². The highest BCUT2D eigenvalue weighted by Crippen LogP contribution is 2.32. The molecule has 1 atom stereocenters. The Balaban J connectivity index is 1.42. The van der Waals surface area contributed by atoms with Crippen molar-refractivity contribution in [2.75, 3.05) is 20.3 Å². The van der Waals surface area contributed by atoms with Gasteiger partial charge in [-0.2, -0.15) is 0 Å². The predicted molar refractivity (Wildman–Crippen MR) is 108 cm³/mol. The second kappa shape index (κ2) is 7.48. The zero-order chi connectivity index (χ0) is 18.8. The SMILES string of the molecule is CC(NC(=O)N(C)Cc1ccc2c(c1)OCCO2)c1csc2ccccc12. The lowest BCUT2D eigenvalue weighted by Gasteiger charge is -2.23. The van der Waals surface area contributed by atoms with Crippen molar-refractivity contribution in [3.63, 3.8) is 0 Å². The first-order valence-electron chi connectivity index (χ1n) is 8.98. The third kappa shape index (κ3) is 3.71. The highest BCUT2D eigenvalue weighted by Gasteiger charge is 2.18. The van der Waals surface area contributed by atoms with Crippen molar-refractivity contribution in [3.05, 3.63) is 59.0 Å². The molecule has 1 aliphatic heterocycles. The molecule has 0 bridgehead atoms. The highest BCUT2D eigenvalue weighted by atomic mass is 32.1. The number of hydrogen-bond donors (Lipinski definition) is 1. The molecule has 6 heteroatoms. The van der Waals surface area contributed by atoms with Crippen LogP contribution in [-0.2, 0) is 6.54 Å². The lowest BCUT2D eigenvalue weighted by molar-refractivity contribution is 0.171. The molecule has 1 N–H and O–H groups in total. The molecule has 5 nitrogen and oxygen atoms in total. The van der Waals surface area contributed by atoms with Crippen molar-refractivity contribution in [2.24, 2.45) is 0 Å². The number of amides is 2. The minimum Gasteiger partial charge on any atom is -0.486 e. The highest BCUT2D eigenvalue weighted by molar-refractivity contribution is 7.17. The number of carbonyl (C=O) groups is 1. The van der Waals surface area contributed by atoms with E-state index in [2.05, 4.69) is 22.8 Å². The van der Waals surface area contributed by atoms with Gasteiger partial charge in [0.05, 0.1) is 6.04 Å². The number of rotatable bonds is 4. The molecule has 1 aromatic heterocycles. The number of nitrogens with one attached hydrogen (secondary N) is 1.